The largest absolute Gasteiger partial charge is 0.470 e. The third-order valence-electron chi connectivity index (χ3n) is 4.29. The Morgan fingerprint density at radius 3 is 2.33 bits per heavy atom. The topological polar surface area (TPSA) is 38.3 Å². The fraction of sp³-hybridized carbons (Fsp3) is 0.667. The van der Waals surface area contributed by atoms with Gasteiger partial charge in [0, 0.05) is 6.42 Å². The van der Waals surface area contributed by atoms with Crippen LogP contribution < -0.4 is 10.1 Å². The lowest BCUT2D eigenvalue weighted by Crippen LogP contribution is -2.33. The standard InChI is InChI=1S/C21H34NO2/c1-4-7-9-12-18-14-15-19(13-10-8-5-2)20(16-18)24-21(11-6-3)22-17-23/h14-16,21H,4-13H2,1-3H3,(H,22,23). The van der Waals surface area contributed by atoms with E-state index in [4.69, 9.17) is 4.74 Å². The fourth-order valence-corrected chi connectivity index (χ4v) is 2.86. The molecule has 0 aliphatic rings. The van der Waals surface area contributed by atoms with Gasteiger partial charge in [0.2, 0.25) is 0 Å². The Kier molecular flexibility index (Phi) is 11.0. The van der Waals surface area contributed by atoms with E-state index in [1.807, 2.05) is 0 Å². The first-order valence-electron chi connectivity index (χ1n) is 9.66. The predicted octanol–water partition coefficient (Wildman–Crippen LogP) is 5.31. The van der Waals surface area contributed by atoms with Crippen molar-refractivity contribution < 1.29 is 9.53 Å². The normalized spacial score (nSPS) is 12.0. The van der Waals surface area contributed by atoms with Gasteiger partial charge in [-0.25, -0.2) is 0 Å². The number of unbranched alkanes of at least 4 members (excludes halogenated alkanes) is 4. The van der Waals surface area contributed by atoms with Crippen LogP contribution in [-0.4, -0.2) is 12.6 Å². The van der Waals surface area contributed by atoms with E-state index in [0.29, 0.717) is 0 Å². The lowest BCUT2D eigenvalue weighted by molar-refractivity contribution is 0.172. The lowest BCUT2D eigenvalue weighted by Gasteiger charge is -2.20. The van der Waals surface area contributed by atoms with Crippen LogP contribution in [0.4, 0.5) is 0 Å². The number of hydrogen-bond donors (Lipinski definition) is 1. The maximum Gasteiger partial charge on any atom is 0.312 e. The first kappa shape index (κ1) is 20.5. The second-order valence-electron chi connectivity index (χ2n) is 6.50. The summed E-state index contributed by atoms with van der Waals surface area (Å²) in [5.74, 6) is 0.932. The molecule has 0 bridgehead atoms. The predicted molar refractivity (Wildman–Crippen MR) is 101 cm³/mol. The molecule has 1 radical (unpaired) electrons. The number of benzene rings is 1. The fourth-order valence-electron chi connectivity index (χ4n) is 2.86. The van der Waals surface area contributed by atoms with Crippen LogP contribution in [0.5, 0.6) is 5.75 Å². The minimum absolute atomic E-state index is 0.289. The van der Waals surface area contributed by atoms with Crippen LogP contribution in [0.15, 0.2) is 18.2 Å². The number of hydrogen-bond acceptors (Lipinski definition) is 2. The zero-order valence-corrected chi connectivity index (χ0v) is 15.7. The molecule has 1 atom stereocenters. The molecule has 0 spiro atoms. The molecule has 135 valence electrons. The highest BCUT2D eigenvalue weighted by Gasteiger charge is 2.12. The molecule has 0 aliphatic heterocycles. The van der Waals surface area contributed by atoms with E-state index in [1.165, 1.54) is 49.7 Å². The molecule has 0 fully saturated rings. The summed E-state index contributed by atoms with van der Waals surface area (Å²) in [7, 11) is 0. The highest BCUT2D eigenvalue weighted by molar-refractivity contribution is 5.47. The Hall–Kier alpha value is -1.51. The highest BCUT2D eigenvalue weighted by Crippen LogP contribution is 2.25. The molecule has 24 heavy (non-hydrogen) atoms. The van der Waals surface area contributed by atoms with E-state index in [0.717, 1.165) is 31.4 Å². The first-order chi connectivity index (χ1) is 11.7. The Morgan fingerprint density at radius 1 is 1.00 bits per heavy atom. The molecule has 1 rings (SSSR count). The van der Waals surface area contributed by atoms with Gasteiger partial charge in [-0.3, -0.25) is 4.79 Å². The number of nitrogens with one attached hydrogen (secondary N) is 1. The molecule has 1 aromatic carbocycles. The van der Waals surface area contributed by atoms with Gasteiger partial charge in [-0.05, 0) is 42.9 Å². The number of aryl methyl sites for hydroxylation is 2. The van der Waals surface area contributed by atoms with Crippen molar-refractivity contribution in [3.05, 3.63) is 29.3 Å². The van der Waals surface area contributed by atoms with Gasteiger partial charge in [0.15, 0.2) is 6.23 Å². The molecule has 1 unspecified atom stereocenters. The van der Waals surface area contributed by atoms with Gasteiger partial charge in [0.05, 0.1) is 0 Å². The second kappa shape index (κ2) is 12.9. The van der Waals surface area contributed by atoms with Crippen LogP contribution in [-0.2, 0) is 17.6 Å². The van der Waals surface area contributed by atoms with Gasteiger partial charge in [-0.2, -0.15) is 0 Å². The molecule has 0 heterocycles. The van der Waals surface area contributed by atoms with E-state index in [-0.39, 0.29) is 6.23 Å². The molecule has 0 aliphatic carbocycles. The molecular weight excluding hydrogens is 298 g/mol. The zero-order valence-electron chi connectivity index (χ0n) is 15.7. The average Bonchev–Trinajstić information content (AvgIpc) is 2.57. The average molecular weight is 333 g/mol. The van der Waals surface area contributed by atoms with E-state index < -0.39 is 0 Å². The van der Waals surface area contributed by atoms with Crippen molar-refractivity contribution in [2.75, 3.05) is 0 Å². The molecule has 0 aromatic heterocycles. The van der Waals surface area contributed by atoms with Gasteiger partial charge in [0.1, 0.15) is 5.75 Å². The van der Waals surface area contributed by atoms with Crippen LogP contribution >= 0.6 is 0 Å². The van der Waals surface area contributed by atoms with Crippen LogP contribution in [0.1, 0.15) is 83.3 Å². The first-order valence-corrected chi connectivity index (χ1v) is 9.66. The molecule has 1 N–H and O–H groups in total. The van der Waals surface area contributed by atoms with Crippen molar-refractivity contribution in [2.45, 2.75) is 91.2 Å². The van der Waals surface area contributed by atoms with Crippen LogP contribution in [0.25, 0.3) is 0 Å². The summed E-state index contributed by atoms with van der Waals surface area (Å²) in [6.07, 6.45) is 12.7. The summed E-state index contributed by atoms with van der Waals surface area (Å²) in [5, 5.41) is 2.67. The summed E-state index contributed by atoms with van der Waals surface area (Å²) >= 11 is 0. The summed E-state index contributed by atoms with van der Waals surface area (Å²) in [6, 6.07) is 6.61. The smallest absolute Gasteiger partial charge is 0.312 e. The number of carbonyl (C=O) groups excluding carboxylic acids is 1. The molecule has 3 nitrogen and oxygen atoms in total. The number of rotatable bonds is 14. The van der Waals surface area contributed by atoms with E-state index in [2.05, 4.69) is 44.3 Å². The Balaban J connectivity index is 2.85. The summed E-state index contributed by atoms with van der Waals surface area (Å²) < 4.78 is 6.13. The summed E-state index contributed by atoms with van der Waals surface area (Å²) in [6.45, 7) is 6.53. The van der Waals surface area contributed by atoms with E-state index >= 15 is 0 Å². The van der Waals surface area contributed by atoms with E-state index in [1.54, 1.807) is 6.41 Å². The number of ether oxygens (including phenoxy) is 1. The Bertz CT molecular complexity index is 459. The van der Waals surface area contributed by atoms with E-state index in [9.17, 15) is 4.79 Å². The lowest BCUT2D eigenvalue weighted by atomic mass is 10.0. The molecule has 1 amide bonds. The quantitative estimate of drug-likeness (QED) is 0.285. The molecule has 0 saturated carbocycles. The Labute approximate surface area is 148 Å². The van der Waals surface area contributed by atoms with Crippen LogP contribution in [0.3, 0.4) is 0 Å². The van der Waals surface area contributed by atoms with Crippen molar-refractivity contribution in [1.82, 2.24) is 5.32 Å². The van der Waals surface area contributed by atoms with Crippen LogP contribution in [0, 0.1) is 0 Å². The molecule has 1 aromatic rings. The van der Waals surface area contributed by atoms with Gasteiger partial charge in [-0.15, -0.1) is 0 Å². The summed E-state index contributed by atoms with van der Waals surface area (Å²) in [5.41, 5.74) is 2.57. The second-order valence-corrected chi connectivity index (χ2v) is 6.50. The van der Waals surface area contributed by atoms with Crippen molar-refractivity contribution in [3.8, 4) is 5.75 Å². The third-order valence-corrected chi connectivity index (χ3v) is 4.29. The van der Waals surface area contributed by atoms with Gasteiger partial charge in [0.25, 0.3) is 0 Å². The van der Waals surface area contributed by atoms with Crippen molar-refractivity contribution >= 4 is 6.41 Å². The highest BCUT2D eigenvalue weighted by atomic mass is 16.5. The van der Waals surface area contributed by atoms with Crippen molar-refractivity contribution in [2.24, 2.45) is 0 Å². The third kappa shape index (κ3) is 7.85. The maximum atomic E-state index is 10.7. The Morgan fingerprint density at radius 2 is 1.71 bits per heavy atom. The van der Waals surface area contributed by atoms with Crippen molar-refractivity contribution in [3.63, 3.8) is 0 Å². The number of amides is 1. The van der Waals surface area contributed by atoms with Gasteiger partial charge in [-0.1, -0.05) is 65.0 Å². The molecular formula is C21H34NO2. The van der Waals surface area contributed by atoms with Crippen molar-refractivity contribution in [1.29, 1.82) is 0 Å². The van der Waals surface area contributed by atoms with Gasteiger partial charge < -0.3 is 10.1 Å². The minimum Gasteiger partial charge on any atom is -0.470 e. The zero-order chi connectivity index (χ0) is 17.6. The summed E-state index contributed by atoms with van der Waals surface area (Å²) in [4.78, 5) is 10.7. The molecule has 0 saturated heterocycles. The van der Waals surface area contributed by atoms with Gasteiger partial charge >= 0.3 is 6.41 Å². The molecule has 3 heteroatoms. The monoisotopic (exact) mass is 332 g/mol. The SMILES string of the molecule is CCCCCc1ccc(CCCCC)c(OC(CCC)N[C]=O)c1. The minimum atomic E-state index is -0.289. The maximum absolute atomic E-state index is 10.7. The van der Waals surface area contributed by atoms with Crippen LogP contribution in [0.2, 0.25) is 0 Å².